The van der Waals surface area contributed by atoms with Crippen molar-refractivity contribution in [2.75, 3.05) is 18.0 Å². The van der Waals surface area contributed by atoms with Crippen LogP contribution in [0.2, 0.25) is 0 Å². The standard InChI is InChI=1S/C21H29FN2O2/c1-13-11-24(12-14(2)26-13)20-6-4-16(9-19(20)22)10-23-21(25)18-8-15-3-5-17(18)7-15/h4,6,9,13-15,17-18H,3,5,7-8,10-12H2,1-2H3,(H,23,25)/t13-,14-,15+,17+,18-/m1/s1. The Bertz CT molecular complexity index is 670. The number of carbonyl (C=O) groups excluding carboxylic acids is 1. The minimum Gasteiger partial charge on any atom is -0.372 e. The van der Waals surface area contributed by atoms with Gasteiger partial charge < -0.3 is 15.0 Å². The Balaban J connectivity index is 1.36. The third kappa shape index (κ3) is 3.59. The van der Waals surface area contributed by atoms with E-state index in [4.69, 9.17) is 4.74 Å². The summed E-state index contributed by atoms with van der Waals surface area (Å²) in [5.41, 5.74) is 1.44. The summed E-state index contributed by atoms with van der Waals surface area (Å²) in [6, 6.07) is 5.31. The molecule has 1 N–H and O–H groups in total. The van der Waals surface area contributed by atoms with Gasteiger partial charge in [-0.2, -0.15) is 0 Å². The molecule has 0 aromatic heterocycles. The van der Waals surface area contributed by atoms with Crippen molar-refractivity contribution in [2.24, 2.45) is 17.8 Å². The Kier molecular flexibility index (Phi) is 4.91. The molecule has 5 heteroatoms. The maximum Gasteiger partial charge on any atom is 0.223 e. The van der Waals surface area contributed by atoms with Crippen LogP contribution in [0.15, 0.2) is 18.2 Å². The molecule has 1 aliphatic heterocycles. The van der Waals surface area contributed by atoms with Crippen LogP contribution >= 0.6 is 0 Å². The monoisotopic (exact) mass is 360 g/mol. The van der Waals surface area contributed by atoms with E-state index < -0.39 is 0 Å². The van der Waals surface area contributed by atoms with Crippen molar-refractivity contribution in [1.29, 1.82) is 0 Å². The number of halogens is 1. The van der Waals surface area contributed by atoms with Crippen molar-refractivity contribution in [3.63, 3.8) is 0 Å². The highest BCUT2D eigenvalue weighted by Gasteiger charge is 2.42. The molecular formula is C21H29FN2O2. The van der Waals surface area contributed by atoms with Crippen LogP contribution in [0.5, 0.6) is 0 Å². The van der Waals surface area contributed by atoms with Crippen LogP contribution in [0, 0.1) is 23.6 Å². The number of benzene rings is 1. The van der Waals surface area contributed by atoms with E-state index in [-0.39, 0.29) is 29.9 Å². The Morgan fingerprint density at radius 3 is 2.62 bits per heavy atom. The van der Waals surface area contributed by atoms with Gasteiger partial charge in [-0.15, -0.1) is 0 Å². The molecule has 26 heavy (non-hydrogen) atoms. The van der Waals surface area contributed by atoms with E-state index in [0.717, 1.165) is 17.9 Å². The molecule has 0 unspecified atom stereocenters. The molecule has 1 aromatic carbocycles. The van der Waals surface area contributed by atoms with Gasteiger partial charge in [0.15, 0.2) is 0 Å². The Labute approximate surface area is 155 Å². The number of carbonyl (C=O) groups is 1. The zero-order valence-corrected chi connectivity index (χ0v) is 15.7. The molecule has 2 aliphatic carbocycles. The topological polar surface area (TPSA) is 41.6 Å². The van der Waals surface area contributed by atoms with Crippen LogP contribution < -0.4 is 10.2 Å². The number of anilines is 1. The molecule has 1 saturated heterocycles. The van der Waals surface area contributed by atoms with Gasteiger partial charge >= 0.3 is 0 Å². The van der Waals surface area contributed by atoms with E-state index in [0.29, 0.717) is 31.2 Å². The third-order valence-electron chi connectivity index (χ3n) is 6.31. The SMILES string of the molecule is C[C@@H]1CN(c2ccc(CNC(=O)[C@@H]3C[C@H]4CC[C@H]3C4)cc2F)C[C@@H](C)O1. The number of hydrogen-bond donors (Lipinski definition) is 1. The van der Waals surface area contributed by atoms with E-state index >= 15 is 0 Å². The van der Waals surface area contributed by atoms with E-state index in [2.05, 4.69) is 5.32 Å². The molecular weight excluding hydrogens is 331 g/mol. The van der Waals surface area contributed by atoms with Gasteiger partial charge in [-0.1, -0.05) is 12.5 Å². The van der Waals surface area contributed by atoms with Crippen molar-refractivity contribution < 1.29 is 13.9 Å². The lowest BCUT2D eigenvalue weighted by molar-refractivity contribution is -0.126. The number of ether oxygens (including phenoxy) is 1. The Hall–Kier alpha value is -1.62. The van der Waals surface area contributed by atoms with Gasteiger partial charge in [0.2, 0.25) is 5.91 Å². The summed E-state index contributed by atoms with van der Waals surface area (Å²) in [5.74, 6) is 1.43. The van der Waals surface area contributed by atoms with E-state index in [1.165, 1.54) is 19.3 Å². The minimum absolute atomic E-state index is 0.0962. The lowest BCUT2D eigenvalue weighted by atomic mass is 9.88. The number of fused-ring (bicyclic) bond motifs is 2. The second-order valence-electron chi connectivity index (χ2n) is 8.45. The van der Waals surface area contributed by atoms with Gasteiger partial charge in [-0.05, 0) is 62.6 Å². The predicted molar refractivity (Wildman–Crippen MR) is 99.4 cm³/mol. The highest BCUT2D eigenvalue weighted by molar-refractivity contribution is 5.79. The smallest absolute Gasteiger partial charge is 0.223 e. The summed E-state index contributed by atoms with van der Waals surface area (Å²) in [5, 5.41) is 3.03. The largest absolute Gasteiger partial charge is 0.372 e. The van der Waals surface area contributed by atoms with E-state index in [1.807, 2.05) is 30.9 Å². The molecule has 0 radical (unpaired) electrons. The molecule has 3 fully saturated rings. The van der Waals surface area contributed by atoms with Crippen LogP contribution in [0.3, 0.4) is 0 Å². The number of amides is 1. The molecule has 3 aliphatic rings. The van der Waals surface area contributed by atoms with Gasteiger partial charge in [0.1, 0.15) is 5.82 Å². The highest BCUT2D eigenvalue weighted by atomic mass is 19.1. The summed E-state index contributed by atoms with van der Waals surface area (Å²) in [6.45, 7) is 5.82. The normalized spacial score (nSPS) is 33.5. The van der Waals surface area contributed by atoms with Gasteiger partial charge in [-0.25, -0.2) is 4.39 Å². The van der Waals surface area contributed by atoms with Crippen molar-refractivity contribution in [2.45, 2.75) is 58.3 Å². The maximum atomic E-state index is 14.6. The maximum absolute atomic E-state index is 14.6. The number of hydrogen-bond acceptors (Lipinski definition) is 3. The molecule has 1 aromatic rings. The molecule has 5 atom stereocenters. The molecule has 4 nitrogen and oxygen atoms in total. The fourth-order valence-corrected chi connectivity index (χ4v) is 5.18. The van der Waals surface area contributed by atoms with Gasteiger partial charge in [0.05, 0.1) is 17.9 Å². The Morgan fingerprint density at radius 1 is 1.23 bits per heavy atom. The first-order valence-electron chi connectivity index (χ1n) is 9.96. The summed E-state index contributed by atoms with van der Waals surface area (Å²) in [7, 11) is 0. The van der Waals surface area contributed by atoms with Gasteiger partial charge in [-0.3, -0.25) is 4.79 Å². The van der Waals surface area contributed by atoms with Crippen LogP contribution in [-0.2, 0) is 16.1 Å². The second-order valence-corrected chi connectivity index (χ2v) is 8.45. The van der Waals surface area contributed by atoms with Crippen LogP contribution in [-0.4, -0.2) is 31.2 Å². The zero-order valence-electron chi connectivity index (χ0n) is 15.7. The average Bonchev–Trinajstić information content (AvgIpc) is 3.22. The minimum atomic E-state index is -0.224. The molecule has 142 valence electrons. The van der Waals surface area contributed by atoms with Crippen molar-refractivity contribution in [1.82, 2.24) is 5.32 Å². The fourth-order valence-electron chi connectivity index (χ4n) is 5.18. The summed E-state index contributed by atoms with van der Waals surface area (Å²) >= 11 is 0. The van der Waals surface area contributed by atoms with Crippen molar-refractivity contribution >= 4 is 11.6 Å². The summed E-state index contributed by atoms with van der Waals surface area (Å²) in [6.07, 6.45) is 4.94. The van der Waals surface area contributed by atoms with Crippen LogP contribution in [0.25, 0.3) is 0 Å². The first-order valence-corrected chi connectivity index (χ1v) is 9.96. The summed E-state index contributed by atoms with van der Waals surface area (Å²) in [4.78, 5) is 14.5. The van der Waals surface area contributed by atoms with Crippen LogP contribution in [0.1, 0.15) is 45.1 Å². The number of rotatable bonds is 4. The van der Waals surface area contributed by atoms with Crippen molar-refractivity contribution in [3.05, 3.63) is 29.6 Å². The number of nitrogens with zero attached hydrogens (tertiary/aromatic N) is 1. The second kappa shape index (κ2) is 7.18. The lowest BCUT2D eigenvalue weighted by Gasteiger charge is -2.37. The first kappa shape index (κ1) is 17.8. The molecule has 1 amide bonds. The first-order chi connectivity index (χ1) is 12.5. The zero-order chi connectivity index (χ0) is 18.3. The molecule has 2 bridgehead atoms. The lowest BCUT2D eigenvalue weighted by Crippen LogP contribution is -2.45. The third-order valence-corrected chi connectivity index (χ3v) is 6.31. The molecule has 0 spiro atoms. The van der Waals surface area contributed by atoms with Crippen molar-refractivity contribution in [3.8, 4) is 0 Å². The number of nitrogens with one attached hydrogen (secondary N) is 1. The molecule has 4 rings (SSSR count). The van der Waals surface area contributed by atoms with Gasteiger partial charge in [0, 0.05) is 25.6 Å². The van der Waals surface area contributed by atoms with Gasteiger partial charge in [0.25, 0.3) is 0 Å². The predicted octanol–water partition coefficient (Wildman–Crippen LogP) is 3.49. The molecule has 1 heterocycles. The van der Waals surface area contributed by atoms with E-state index in [9.17, 15) is 9.18 Å². The molecule has 2 saturated carbocycles. The average molecular weight is 360 g/mol. The summed E-state index contributed by atoms with van der Waals surface area (Å²) < 4.78 is 20.4. The number of morpholine rings is 1. The van der Waals surface area contributed by atoms with Crippen LogP contribution in [0.4, 0.5) is 10.1 Å². The quantitative estimate of drug-likeness (QED) is 0.894. The Morgan fingerprint density at radius 2 is 2.00 bits per heavy atom. The highest BCUT2D eigenvalue weighted by Crippen LogP contribution is 2.48. The fraction of sp³-hybridized carbons (Fsp3) is 0.667. The van der Waals surface area contributed by atoms with E-state index in [1.54, 1.807) is 6.07 Å².